The lowest BCUT2D eigenvalue weighted by Crippen LogP contribution is -1.86. The molecule has 13 heavy (non-hydrogen) atoms. The van der Waals surface area contributed by atoms with Crippen LogP contribution in [0.1, 0.15) is 0 Å². The topological polar surface area (TPSA) is 28.7 Å². The van der Waals surface area contributed by atoms with E-state index in [1.54, 1.807) is 30.6 Å². The highest BCUT2D eigenvalue weighted by Crippen LogP contribution is 2.24. The number of hydrogen-bond donors (Lipinski definition) is 1. The summed E-state index contributed by atoms with van der Waals surface area (Å²) in [6.45, 7) is 0. The van der Waals surface area contributed by atoms with Crippen LogP contribution in [0, 0.1) is 5.82 Å². The summed E-state index contributed by atoms with van der Waals surface area (Å²) in [6, 6.07) is 5.10. The Morgan fingerprint density at radius 1 is 1.38 bits per heavy atom. The Morgan fingerprint density at radius 2 is 2.23 bits per heavy atom. The van der Waals surface area contributed by atoms with Gasteiger partial charge in [-0.05, 0) is 28.1 Å². The van der Waals surface area contributed by atoms with E-state index in [1.165, 1.54) is 0 Å². The molecule has 0 saturated carbocycles. The number of aromatic nitrogens is 2. The Morgan fingerprint density at radius 3 is 2.92 bits per heavy atom. The molecule has 0 radical (unpaired) electrons. The molecule has 1 aromatic heterocycles. The summed E-state index contributed by atoms with van der Waals surface area (Å²) in [5.74, 6) is 0.247. The van der Waals surface area contributed by atoms with Crippen LogP contribution in [0.5, 0.6) is 0 Å². The van der Waals surface area contributed by atoms with Crippen molar-refractivity contribution in [2.45, 2.75) is 0 Å². The van der Waals surface area contributed by atoms with Crippen LogP contribution in [0.2, 0.25) is 0 Å². The predicted molar refractivity (Wildman–Crippen MR) is 51.7 cm³/mol. The molecule has 1 heterocycles. The lowest BCUT2D eigenvalue weighted by molar-refractivity contribution is 0.623. The molecule has 0 unspecified atom stereocenters. The van der Waals surface area contributed by atoms with Gasteiger partial charge in [0.1, 0.15) is 11.6 Å². The average molecular weight is 241 g/mol. The van der Waals surface area contributed by atoms with E-state index in [0.29, 0.717) is 15.9 Å². The molecule has 1 N–H and O–H groups in total. The van der Waals surface area contributed by atoms with Crippen molar-refractivity contribution in [3.8, 4) is 11.4 Å². The third kappa shape index (κ3) is 1.49. The zero-order valence-corrected chi connectivity index (χ0v) is 8.18. The van der Waals surface area contributed by atoms with E-state index in [-0.39, 0.29) is 5.82 Å². The van der Waals surface area contributed by atoms with Crippen molar-refractivity contribution >= 4 is 15.9 Å². The Kier molecular flexibility index (Phi) is 2.14. The molecule has 0 aliphatic rings. The van der Waals surface area contributed by atoms with Crippen molar-refractivity contribution in [2.75, 3.05) is 0 Å². The highest BCUT2D eigenvalue weighted by atomic mass is 79.9. The minimum atomic E-state index is -0.294. The maximum absolute atomic E-state index is 13.5. The molecule has 1 aromatic carbocycles. The first-order valence-corrected chi connectivity index (χ1v) is 4.52. The van der Waals surface area contributed by atoms with Crippen LogP contribution in [0.4, 0.5) is 4.39 Å². The predicted octanol–water partition coefficient (Wildman–Crippen LogP) is 2.98. The van der Waals surface area contributed by atoms with Crippen LogP contribution in [0.15, 0.2) is 35.1 Å². The minimum absolute atomic E-state index is 0.294. The highest BCUT2D eigenvalue weighted by Gasteiger charge is 2.08. The molecule has 0 saturated heterocycles. The fourth-order valence-electron chi connectivity index (χ4n) is 1.10. The molecule has 0 spiro atoms. The first kappa shape index (κ1) is 8.44. The summed E-state index contributed by atoms with van der Waals surface area (Å²) in [6.07, 6.45) is 3.26. The summed E-state index contributed by atoms with van der Waals surface area (Å²) in [5.41, 5.74) is 0.472. The number of rotatable bonds is 1. The van der Waals surface area contributed by atoms with E-state index in [2.05, 4.69) is 25.9 Å². The molecule has 0 fully saturated rings. The van der Waals surface area contributed by atoms with Crippen LogP contribution in [-0.2, 0) is 0 Å². The second kappa shape index (κ2) is 3.30. The largest absolute Gasteiger partial charge is 0.345 e. The van der Waals surface area contributed by atoms with Crippen LogP contribution in [0.3, 0.4) is 0 Å². The molecule has 2 nitrogen and oxygen atoms in total. The fraction of sp³-hybridized carbons (Fsp3) is 0. The third-order valence-electron chi connectivity index (χ3n) is 1.70. The standard InChI is InChI=1S/C9H6BrFN2/c10-7-3-1-2-6(8(7)11)9-12-4-5-13-9/h1-5H,(H,12,13). The third-order valence-corrected chi connectivity index (χ3v) is 2.32. The molecule has 2 rings (SSSR count). The van der Waals surface area contributed by atoms with E-state index in [0.717, 1.165) is 0 Å². The molecule has 4 heteroatoms. The normalized spacial score (nSPS) is 10.3. The number of nitrogens with zero attached hydrogens (tertiary/aromatic N) is 1. The zero-order chi connectivity index (χ0) is 9.26. The van der Waals surface area contributed by atoms with E-state index < -0.39 is 0 Å². The van der Waals surface area contributed by atoms with Gasteiger partial charge in [0.25, 0.3) is 0 Å². The molecular formula is C9H6BrFN2. The Balaban J connectivity index is 2.59. The SMILES string of the molecule is Fc1c(Br)cccc1-c1ncc[nH]1. The first-order chi connectivity index (χ1) is 6.29. The summed E-state index contributed by atoms with van der Waals surface area (Å²) in [5, 5.41) is 0. The number of imidazole rings is 1. The van der Waals surface area contributed by atoms with Gasteiger partial charge in [-0.1, -0.05) is 6.07 Å². The maximum atomic E-state index is 13.5. The van der Waals surface area contributed by atoms with Crippen molar-refractivity contribution in [2.24, 2.45) is 0 Å². The van der Waals surface area contributed by atoms with Crippen LogP contribution in [0.25, 0.3) is 11.4 Å². The minimum Gasteiger partial charge on any atom is -0.345 e. The van der Waals surface area contributed by atoms with Gasteiger partial charge >= 0.3 is 0 Å². The Labute approximate surface area is 83.0 Å². The number of hydrogen-bond acceptors (Lipinski definition) is 1. The summed E-state index contributed by atoms with van der Waals surface area (Å²) >= 11 is 3.11. The van der Waals surface area contributed by atoms with Gasteiger partial charge < -0.3 is 4.98 Å². The van der Waals surface area contributed by atoms with Crippen LogP contribution in [-0.4, -0.2) is 9.97 Å². The number of aromatic amines is 1. The molecule has 0 amide bonds. The van der Waals surface area contributed by atoms with E-state index in [1.807, 2.05) is 0 Å². The fourth-order valence-corrected chi connectivity index (χ4v) is 1.47. The summed E-state index contributed by atoms with van der Waals surface area (Å²) < 4.78 is 13.9. The smallest absolute Gasteiger partial charge is 0.148 e. The quantitative estimate of drug-likeness (QED) is 0.816. The number of benzene rings is 1. The molecule has 66 valence electrons. The van der Waals surface area contributed by atoms with Crippen molar-refractivity contribution < 1.29 is 4.39 Å². The maximum Gasteiger partial charge on any atom is 0.148 e. The van der Waals surface area contributed by atoms with Crippen LogP contribution < -0.4 is 0 Å². The lowest BCUT2D eigenvalue weighted by atomic mass is 10.2. The van der Waals surface area contributed by atoms with Gasteiger partial charge in [0.15, 0.2) is 0 Å². The molecule has 0 atom stereocenters. The van der Waals surface area contributed by atoms with Gasteiger partial charge in [-0.3, -0.25) is 0 Å². The first-order valence-electron chi connectivity index (χ1n) is 3.73. The van der Waals surface area contributed by atoms with Gasteiger partial charge in [-0.2, -0.15) is 0 Å². The molecule has 0 aliphatic heterocycles. The summed E-state index contributed by atoms with van der Waals surface area (Å²) in [4.78, 5) is 6.82. The van der Waals surface area contributed by atoms with Crippen molar-refractivity contribution in [1.29, 1.82) is 0 Å². The molecule has 0 bridgehead atoms. The molecular weight excluding hydrogens is 235 g/mol. The van der Waals surface area contributed by atoms with Crippen molar-refractivity contribution in [1.82, 2.24) is 9.97 Å². The van der Waals surface area contributed by atoms with E-state index in [9.17, 15) is 4.39 Å². The highest BCUT2D eigenvalue weighted by molar-refractivity contribution is 9.10. The number of H-pyrrole nitrogens is 1. The van der Waals surface area contributed by atoms with Gasteiger partial charge in [0, 0.05) is 12.4 Å². The monoisotopic (exact) mass is 240 g/mol. The lowest BCUT2D eigenvalue weighted by Gasteiger charge is -2.00. The summed E-state index contributed by atoms with van der Waals surface area (Å²) in [7, 11) is 0. The second-order valence-corrected chi connectivity index (χ2v) is 3.39. The molecule has 0 aliphatic carbocycles. The van der Waals surface area contributed by atoms with Gasteiger partial charge in [-0.25, -0.2) is 9.37 Å². The van der Waals surface area contributed by atoms with Gasteiger partial charge in [0.2, 0.25) is 0 Å². The van der Waals surface area contributed by atoms with E-state index in [4.69, 9.17) is 0 Å². The van der Waals surface area contributed by atoms with Gasteiger partial charge in [-0.15, -0.1) is 0 Å². The average Bonchev–Trinajstić information content (AvgIpc) is 2.62. The van der Waals surface area contributed by atoms with Crippen molar-refractivity contribution in [3.05, 3.63) is 40.9 Å². The second-order valence-electron chi connectivity index (χ2n) is 2.54. The Hall–Kier alpha value is -1.16. The molecule has 2 aromatic rings. The zero-order valence-electron chi connectivity index (χ0n) is 6.59. The number of halogens is 2. The van der Waals surface area contributed by atoms with Crippen molar-refractivity contribution in [3.63, 3.8) is 0 Å². The Bertz CT molecular complexity index is 412. The van der Waals surface area contributed by atoms with E-state index >= 15 is 0 Å². The number of nitrogens with one attached hydrogen (secondary N) is 1. The van der Waals surface area contributed by atoms with Gasteiger partial charge in [0.05, 0.1) is 10.0 Å². The van der Waals surface area contributed by atoms with Crippen LogP contribution >= 0.6 is 15.9 Å².